The molecule has 16 rings (SSSR count). The zero-order valence-electron chi connectivity index (χ0n) is 42.7. The summed E-state index contributed by atoms with van der Waals surface area (Å²) in [4.78, 5) is 0. The Morgan fingerprint density at radius 3 is 1.04 bits per heavy atom. The predicted molar refractivity (Wildman–Crippen MR) is 337 cm³/mol. The second-order valence-corrected chi connectivity index (χ2v) is 21.0. The van der Waals surface area contributed by atoms with Crippen LogP contribution < -0.4 is 0 Å². The molecule has 0 heteroatoms. The van der Waals surface area contributed by atoms with E-state index in [9.17, 15) is 0 Å². The van der Waals surface area contributed by atoms with Crippen molar-refractivity contribution in [3.05, 3.63) is 291 Å². The maximum Gasteiger partial charge on any atom is -0.00199 e. The van der Waals surface area contributed by atoms with Gasteiger partial charge in [-0.1, -0.05) is 261 Å². The molecular formula is C78H48. The van der Waals surface area contributed by atoms with Crippen LogP contribution in [0.1, 0.15) is 0 Å². The van der Waals surface area contributed by atoms with Crippen molar-refractivity contribution in [2.45, 2.75) is 0 Å². The number of hydrogen-bond acceptors (Lipinski definition) is 0. The van der Waals surface area contributed by atoms with Gasteiger partial charge in [-0.2, -0.15) is 0 Å². The minimum atomic E-state index is 1.21. The van der Waals surface area contributed by atoms with Gasteiger partial charge in [0, 0.05) is 0 Å². The largest absolute Gasteiger partial charge is 0.0616 e. The number of fused-ring (bicyclic) bond motifs is 10. The van der Waals surface area contributed by atoms with Crippen LogP contribution >= 0.6 is 0 Å². The highest BCUT2D eigenvalue weighted by Crippen LogP contribution is 2.49. The summed E-state index contributed by atoms with van der Waals surface area (Å²) < 4.78 is 0. The normalized spacial score (nSPS) is 11.8. The molecule has 0 N–H and O–H groups in total. The van der Waals surface area contributed by atoms with Gasteiger partial charge in [0.2, 0.25) is 0 Å². The van der Waals surface area contributed by atoms with E-state index >= 15 is 0 Å². The fourth-order valence-corrected chi connectivity index (χ4v) is 13.2. The lowest BCUT2D eigenvalue weighted by atomic mass is 9.83. The van der Waals surface area contributed by atoms with E-state index in [2.05, 4.69) is 291 Å². The van der Waals surface area contributed by atoms with Crippen LogP contribution in [0.2, 0.25) is 0 Å². The minimum Gasteiger partial charge on any atom is -0.0616 e. The highest BCUT2D eigenvalue weighted by atomic mass is 14.2. The van der Waals surface area contributed by atoms with Crippen molar-refractivity contribution in [2.75, 3.05) is 0 Å². The van der Waals surface area contributed by atoms with E-state index in [0.717, 1.165) is 0 Å². The summed E-state index contributed by atoms with van der Waals surface area (Å²) in [5, 5.41) is 22.6. The van der Waals surface area contributed by atoms with Crippen molar-refractivity contribution >= 4 is 97.0 Å². The number of rotatable bonds is 6. The summed E-state index contributed by atoms with van der Waals surface area (Å²) in [6, 6.07) is 109. The predicted octanol–water partition coefficient (Wildman–Crippen LogP) is 22.1. The van der Waals surface area contributed by atoms with E-state index in [4.69, 9.17) is 0 Å². The van der Waals surface area contributed by atoms with E-state index in [1.165, 1.54) is 164 Å². The van der Waals surface area contributed by atoms with Crippen molar-refractivity contribution in [2.24, 2.45) is 0 Å². The molecular weight excluding hydrogens is 937 g/mol. The molecule has 360 valence electrons. The molecule has 0 aliphatic carbocycles. The van der Waals surface area contributed by atoms with Gasteiger partial charge in [-0.25, -0.2) is 0 Å². The Labute approximate surface area is 452 Å². The van der Waals surface area contributed by atoms with Crippen molar-refractivity contribution in [3.8, 4) is 66.8 Å². The first kappa shape index (κ1) is 44.2. The van der Waals surface area contributed by atoms with Gasteiger partial charge in [0.1, 0.15) is 0 Å². The Morgan fingerprint density at radius 1 is 0.128 bits per heavy atom. The molecule has 0 atom stereocenters. The Bertz CT molecular complexity index is 5010. The van der Waals surface area contributed by atoms with Crippen LogP contribution in [0, 0.1) is 0 Å². The Morgan fingerprint density at radius 2 is 0.474 bits per heavy atom. The standard InChI is InChI=1S/C78H48/c1-2-18-53-45-59(42-32-49(53)16-1)77-69-27-11-13-29-71(69)78(72-30-14-12-28-70(72)77)74-48-58-41-39-57(47-73(58)63-21-5-6-22-64(63)74)55-37-38-56-46-60(43-40-54(56)44-55)76-67-25-9-7-23-65(67)75(66-24-8-10-26-68(66)76)52-35-33-51(34-36-52)62-31-15-19-50-17-3-4-20-61(50)62/h1-48H. The lowest BCUT2D eigenvalue weighted by Crippen LogP contribution is -1.92. The van der Waals surface area contributed by atoms with Crippen LogP contribution in [0.4, 0.5) is 0 Å². The molecule has 0 aliphatic heterocycles. The van der Waals surface area contributed by atoms with Gasteiger partial charge in [0.05, 0.1) is 0 Å². The van der Waals surface area contributed by atoms with Gasteiger partial charge in [0.15, 0.2) is 0 Å². The molecule has 0 spiro atoms. The Hall–Kier alpha value is -10.1. The highest BCUT2D eigenvalue weighted by Gasteiger charge is 2.21. The molecule has 16 aromatic rings. The van der Waals surface area contributed by atoms with Gasteiger partial charge in [-0.05, 0) is 194 Å². The quantitative estimate of drug-likeness (QED) is 0.115. The summed E-state index contributed by atoms with van der Waals surface area (Å²) in [5.41, 5.74) is 14.9. The van der Waals surface area contributed by atoms with E-state index < -0.39 is 0 Å². The molecule has 0 radical (unpaired) electrons. The third kappa shape index (κ3) is 7.01. The molecule has 0 aromatic heterocycles. The number of benzene rings is 16. The van der Waals surface area contributed by atoms with E-state index in [1.54, 1.807) is 0 Å². The van der Waals surface area contributed by atoms with Crippen LogP contribution in [-0.4, -0.2) is 0 Å². The average Bonchev–Trinajstić information content (AvgIpc) is 3.70. The van der Waals surface area contributed by atoms with Gasteiger partial charge in [-0.3, -0.25) is 0 Å². The van der Waals surface area contributed by atoms with Crippen LogP contribution in [0.3, 0.4) is 0 Å². The monoisotopic (exact) mass is 984 g/mol. The summed E-state index contributed by atoms with van der Waals surface area (Å²) in [7, 11) is 0. The zero-order chi connectivity index (χ0) is 51.3. The van der Waals surface area contributed by atoms with Crippen molar-refractivity contribution in [1.29, 1.82) is 0 Å². The molecule has 0 unspecified atom stereocenters. The summed E-state index contributed by atoms with van der Waals surface area (Å²) in [6.45, 7) is 0. The van der Waals surface area contributed by atoms with Crippen LogP contribution in [0.25, 0.3) is 164 Å². The highest BCUT2D eigenvalue weighted by molar-refractivity contribution is 6.27. The van der Waals surface area contributed by atoms with Crippen LogP contribution in [0.5, 0.6) is 0 Å². The number of hydrogen-bond donors (Lipinski definition) is 0. The van der Waals surface area contributed by atoms with Crippen LogP contribution in [0.15, 0.2) is 291 Å². The molecule has 0 saturated carbocycles. The molecule has 0 fully saturated rings. The second-order valence-electron chi connectivity index (χ2n) is 21.0. The van der Waals surface area contributed by atoms with E-state index in [1.807, 2.05) is 0 Å². The fourth-order valence-electron chi connectivity index (χ4n) is 13.2. The summed E-state index contributed by atoms with van der Waals surface area (Å²) in [6.07, 6.45) is 0. The topological polar surface area (TPSA) is 0 Å². The molecule has 0 nitrogen and oxygen atoms in total. The zero-order valence-corrected chi connectivity index (χ0v) is 42.7. The molecule has 0 aliphatic rings. The van der Waals surface area contributed by atoms with Gasteiger partial charge >= 0.3 is 0 Å². The first-order chi connectivity index (χ1) is 38.7. The van der Waals surface area contributed by atoms with E-state index in [-0.39, 0.29) is 0 Å². The Kier molecular flexibility index (Phi) is 10.0. The summed E-state index contributed by atoms with van der Waals surface area (Å²) in [5.74, 6) is 0. The second kappa shape index (κ2) is 17.7. The maximum atomic E-state index is 2.44. The van der Waals surface area contributed by atoms with Gasteiger partial charge in [-0.15, -0.1) is 0 Å². The fraction of sp³-hybridized carbons (Fsp3) is 0. The first-order valence-electron chi connectivity index (χ1n) is 27.1. The molecule has 0 amide bonds. The first-order valence-corrected chi connectivity index (χ1v) is 27.1. The minimum absolute atomic E-state index is 1.21. The van der Waals surface area contributed by atoms with Gasteiger partial charge < -0.3 is 0 Å². The molecule has 78 heavy (non-hydrogen) atoms. The Balaban J connectivity index is 0.786. The lowest BCUT2D eigenvalue weighted by molar-refractivity contribution is 1.63. The maximum absolute atomic E-state index is 2.44. The third-order valence-corrected chi connectivity index (χ3v) is 16.8. The van der Waals surface area contributed by atoms with Crippen molar-refractivity contribution in [1.82, 2.24) is 0 Å². The van der Waals surface area contributed by atoms with Crippen LogP contribution in [-0.2, 0) is 0 Å². The van der Waals surface area contributed by atoms with Gasteiger partial charge in [0.25, 0.3) is 0 Å². The van der Waals surface area contributed by atoms with Crippen molar-refractivity contribution in [3.63, 3.8) is 0 Å². The van der Waals surface area contributed by atoms with Crippen molar-refractivity contribution < 1.29 is 0 Å². The lowest BCUT2D eigenvalue weighted by Gasteiger charge is -2.20. The smallest absolute Gasteiger partial charge is 0.00199 e. The SMILES string of the molecule is c1ccc2cc(-c3c4ccccc4c(-c4cc5ccc(-c6ccc7cc(-c8c9ccccc9c(-c9ccc(-c%10cccc%11ccccc%10%11)cc9)c9ccccc89)ccc7c6)cc5c5ccccc45)c4ccccc34)ccc2c1. The molecule has 0 heterocycles. The summed E-state index contributed by atoms with van der Waals surface area (Å²) >= 11 is 0. The third-order valence-electron chi connectivity index (χ3n) is 16.8. The van der Waals surface area contributed by atoms with E-state index in [0.29, 0.717) is 0 Å². The molecule has 16 aromatic carbocycles. The molecule has 0 saturated heterocycles. The average molecular weight is 985 g/mol. The molecule has 0 bridgehead atoms.